The second-order valence-electron chi connectivity index (χ2n) is 5.11. The predicted molar refractivity (Wildman–Crippen MR) is 80.5 cm³/mol. The molecule has 2 amide bonds. The number of carbonyl (C=O) groups is 2. The third-order valence-electron chi connectivity index (χ3n) is 3.04. The van der Waals surface area contributed by atoms with Crippen LogP contribution in [-0.4, -0.2) is 48.8 Å². The maximum Gasteiger partial charge on any atom is 0.256 e. The van der Waals surface area contributed by atoms with Crippen molar-refractivity contribution in [2.75, 3.05) is 32.9 Å². The zero-order valence-electron chi connectivity index (χ0n) is 12.6. The summed E-state index contributed by atoms with van der Waals surface area (Å²) in [4.78, 5) is 27.4. The van der Waals surface area contributed by atoms with E-state index in [4.69, 9.17) is 5.73 Å². The molecule has 0 aromatic heterocycles. The first-order valence-corrected chi connectivity index (χ1v) is 6.72. The van der Waals surface area contributed by atoms with Crippen molar-refractivity contribution in [2.45, 2.75) is 20.3 Å². The Morgan fingerprint density at radius 3 is 2.45 bits per heavy atom. The molecule has 1 aromatic rings. The van der Waals surface area contributed by atoms with E-state index in [1.165, 1.54) is 4.90 Å². The summed E-state index contributed by atoms with van der Waals surface area (Å²) < 4.78 is 0. The summed E-state index contributed by atoms with van der Waals surface area (Å²) in [6.07, 6.45) is 0.790. The molecule has 20 heavy (non-hydrogen) atoms. The van der Waals surface area contributed by atoms with Crippen molar-refractivity contribution in [1.29, 1.82) is 0 Å². The summed E-state index contributed by atoms with van der Waals surface area (Å²) in [5, 5.41) is 0. The molecule has 0 unspecified atom stereocenters. The second kappa shape index (κ2) is 6.93. The van der Waals surface area contributed by atoms with Crippen LogP contribution in [0.4, 0.5) is 5.69 Å². The van der Waals surface area contributed by atoms with E-state index in [0.717, 1.165) is 12.0 Å². The molecular weight excluding hydrogens is 254 g/mol. The monoisotopic (exact) mass is 277 g/mol. The third kappa shape index (κ3) is 3.98. The van der Waals surface area contributed by atoms with Crippen molar-refractivity contribution in [1.82, 2.24) is 9.80 Å². The highest BCUT2D eigenvalue weighted by atomic mass is 16.2. The molecule has 0 spiro atoms. The van der Waals surface area contributed by atoms with Crippen molar-refractivity contribution in [3.05, 3.63) is 29.3 Å². The largest absolute Gasteiger partial charge is 0.398 e. The summed E-state index contributed by atoms with van der Waals surface area (Å²) in [6, 6.07) is 5.35. The second-order valence-corrected chi connectivity index (χ2v) is 5.11. The Labute approximate surface area is 120 Å². The first kappa shape index (κ1) is 16.0. The number of hydrogen-bond acceptors (Lipinski definition) is 3. The fraction of sp³-hybridized carbons (Fsp3) is 0.467. The molecule has 5 nitrogen and oxygen atoms in total. The Hall–Kier alpha value is -2.04. The molecule has 5 heteroatoms. The molecule has 0 aliphatic heterocycles. The maximum absolute atomic E-state index is 12.5. The van der Waals surface area contributed by atoms with Crippen LogP contribution >= 0.6 is 0 Å². The molecule has 0 heterocycles. The average Bonchev–Trinajstić information content (AvgIpc) is 2.40. The first-order valence-electron chi connectivity index (χ1n) is 6.72. The maximum atomic E-state index is 12.5. The number of amides is 2. The van der Waals surface area contributed by atoms with E-state index in [-0.39, 0.29) is 18.4 Å². The van der Waals surface area contributed by atoms with Crippen LogP contribution in [0.5, 0.6) is 0 Å². The highest BCUT2D eigenvalue weighted by Gasteiger charge is 2.20. The van der Waals surface area contributed by atoms with Crippen molar-refractivity contribution >= 4 is 17.5 Å². The van der Waals surface area contributed by atoms with Crippen LogP contribution < -0.4 is 5.73 Å². The van der Waals surface area contributed by atoms with Gasteiger partial charge in [-0.15, -0.1) is 0 Å². The smallest absolute Gasteiger partial charge is 0.256 e. The van der Waals surface area contributed by atoms with Gasteiger partial charge in [0.2, 0.25) is 5.91 Å². The zero-order valence-corrected chi connectivity index (χ0v) is 12.6. The standard InChI is InChI=1S/C15H23N3O2/c1-5-8-18(10-14(19)17(3)4)15(20)12-9-11(2)6-7-13(12)16/h6-7,9H,5,8,10,16H2,1-4H3. The number of likely N-dealkylation sites (N-methyl/N-ethyl adjacent to an activating group) is 1. The lowest BCUT2D eigenvalue weighted by Gasteiger charge is -2.24. The Bertz CT molecular complexity index is 498. The topological polar surface area (TPSA) is 66.6 Å². The number of nitrogens with two attached hydrogens (primary N) is 1. The molecule has 0 radical (unpaired) electrons. The minimum absolute atomic E-state index is 0.0764. The van der Waals surface area contributed by atoms with Crippen LogP contribution in [0, 0.1) is 6.92 Å². The van der Waals surface area contributed by atoms with Gasteiger partial charge in [0.25, 0.3) is 5.91 Å². The van der Waals surface area contributed by atoms with Gasteiger partial charge in [-0.2, -0.15) is 0 Å². The molecule has 110 valence electrons. The van der Waals surface area contributed by atoms with Crippen LogP contribution in [0.25, 0.3) is 0 Å². The Kier molecular flexibility index (Phi) is 5.55. The van der Waals surface area contributed by atoms with Crippen molar-refractivity contribution < 1.29 is 9.59 Å². The van der Waals surface area contributed by atoms with Gasteiger partial charge >= 0.3 is 0 Å². The van der Waals surface area contributed by atoms with E-state index in [1.54, 1.807) is 31.1 Å². The molecule has 1 rings (SSSR count). The summed E-state index contributed by atoms with van der Waals surface area (Å²) in [6.45, 7) is 4.49. The van der Waals surface area contributed by atoms with Crippen molar-refractivity contribution in [2.24, 2.45) is 0 Å². The number of rotatable bonds is 5. The number of nitrogens with zero attached hydrogens (tertiary/aromatic N) is 2. The van der Waals surface area contributed by atoms with Gasteiger partial charge in [0.15, 0.2) is 0 Å². The van der Waals surface area contributed by atoms with Gasteiger partial charge in [0.1, 0.15) is 6.54 Å². The van der Waals surface area contributed by atoms with Gasteiger partial charge in [-0.25, -0.2) is 0 Å². The number of anilines is 1. The van der Waals surface area contributed by atoms with Crippen LogP contribution in [0.3, 0.4) is 0 Å². The fourth-order valence-corrected chi connectivity index (χ4v) is 1.85. The van der Waals surface area contributed by atoms with Crippen molar-refractivity contribution in [3.8, 4) is 0 Å². The molecule has 2 N–H and O–H groups in total. The van der Waals surface area contributed by atoms with E-state index in [1.807, 2.05) is 19.9 Å². The first-order chi connectivity index (χ1) is 9.36. The summed E-state index contributed by atoms with van der Waals surface area (Å²) in [7, 11) is 3.36. The predicted octanol–water partition coefficient (Wildman–Crippen LogP) is 1.52. The van der Waals surface area contributed by atoms with E-state index in [2.05, 4.69) is 0 Å². The normalized spacial score (nSPS) is 10.2. The number of aryl methyl sites for hydroxylation is 1. The molecule has 0 saturated carbocycles. The lowest BCUT2D eigenvalue weighted by molar-refractivity contribution is -0.129. The zero-order chi connectivity index (χ0) is 15.3. The van der Waals surface area contributed by atoms with Gasteiger partial charge in [0, 0.05) is 26.3 Å². The molecule has 0 fully saturated rings. The quantitative estimate of drug-likeness (QED) is 0.830. The number of hydrogen-bond donors (Lipinski definition) is 1. The number of nitrogen functional groups attached to an aromatic ring is 1. The molecule has 0 atom stereocenters. The van der Waals surface area contributed by atoms with Crippen LogP contribution in [0.1, 0.15) is 29.3 Å². The summed E-state index contributed by atoms with van der Waals surface area (Å²) >= 11 is 0. The molecule has 0 bridgehead atoms. The Balaban J connectivity index is 2.99. The van der Waals surface area contributed by atoms with Crippen LogP contribution in [0.15, 0.2) is 18.2 Å². The Morgan fingerprint density at radius 1 is 1.25 bits per heavy atom. The van der Waals surface area contributed by atoms with Crippen LogP contribution in [0.2, 0.25) is 0 Å². The highest BCUT2D eigenvalue weighted by Crippen LogP contribution is 2.16. The molecule has 0 aliphatic carbocycles. The summed E-state index contributed by atoms with van der Waals surface area (Å²) in [5.41, 5.74) is 7.75. The molecule has 0 saturated heterocycles. The molecule has 1 aromatic carbocycles. The highest BCUT2D eigenvalue weighted by molar-refractivity contribution is 6.00. The minimum Gasteiger partial charge on any atom is -0.398 e. The van der Waals surface area contributed by atoms with E-state index in [9.17, 15) is 9.59 Å². The lowest BCUT2D eigenvalue weighted by Crippen LogP contribution is -2.41. The van der Waals surface area contributed by atoms with Gasteiger partial charge in [-0.05, 0) is 25.5 Å². The Morgan fingerprint density at radius 2 is 1.90 bits per heavy atom. The lowest BCUT2D eigenvalue weighted by atomic mass is 10.1. The van der Waals surface area contributed by atoms with Gasteiger partial charge in [-0.3, -0.25) is 9.59 Å². The van der Waals surface area contributed by atoms with Gasteiger partial charge < -0.3 is 15.5 Å². The fourth-order valence-electron chi connectivity index (χ4n) is 1.85. The van der Waals surface area contributed by atoms with E-state index < -0.39 is 0 Å². The van der Waals surface area contributed by atoms with Gasteiger partial charge in [-0.1, -0.05) is 18.6 Å². The number of benzene rings is 1. The number of carbonyl (C=O) groups excluding carboxylic acids is 2. The summed E-state index contributed by atoms with van der Waals surface area (Å²) in [5.74, 6) is -0.290. The third-order valence-corrected chi connectivity index (χ3v) is 3.04. The molecule has 0 aliphatic rings. The van der Waals surface area contributed by atoms with Crippen LogP contribution in [-0.2, 0) is 4.79 Å². The van der Waals surface area contributed by atoms with E-state index in [0.29, 0.717) is 17.8 Å². The minimum atomic E-state index is -0.191. The van der Waals surface area contributed by atoms with E-state index >= 15 is 0 Å². The average molecular weight is 277 g/mol. The SMILES string of the molecule is CCCN(CC(=O)N(C)C)C(=O)c1cc(C)ccc1N. The van der Waals surface area contributed by atoms with Crippen molar-refractivity contribution in [3.63, 3.8) is 0 Å². The molecular formula is C15H23N3O2. The van der Waals surface area contributed by atoms with Gasteiger partial charge in [0.05, 0.1) is 5.56 Å².